The Morgan fingerprint density at radius 2 is 2.42 bits per heavy atom. The van der Waals surface area contributed by atoms with Crippen LogP contribution in [0.5, 0.6) is 5.75 Å². The first-order chi connectivity index (χ1) is 5.65. The van der Waals surface area contributed by atoms with Crippen LogP contribution in [0.25, 0.3) is 0 Å². The van der Waals surface area contributed by atoms with Gasteiger partial charge in [0.2, 0.25) is 5.75 Å². The maximum Gasteiger partial charge on any atom is 0.314 e. The highest BCUT2D eigenvalue weighted by Gasteiger charge is 2.13. The van der Waals surface area contributed by atoms with Crippen molar-refractivity contribution < 1.29 is 10.0 Å². The minimum Gasteiger partial charge on any atom is -0.501 e. The molecular weight excluding hydrogens is 184 g/mol. The first kappa shape index (κ1) is 8.73. The Hall–Kier alpha value is -1.36. The van der Waals surface area contributed by atoms with Crippen LogP contribution >= 0.6 is 11.6 Å². The Kier molecular flexibility index (Phi) is 2.44. The fraction of sp³-hybridized carbons (Fsp3) is 0.167. The molecule has 0 fully saturated rings. The number of halogens is 1. The Bertz CT molecular complexity index is 316. The van der Waals surface area contributed by atoms with Gasteiger partial charge < -0.3 is 5.11 Å². The van der Waals surface area contributed by atoms with Crippen molar-refractivity contribution >= 4 is 17.3 Å². The summed E-state index contributed by atoms with van der Waals surface area (Å²) in [4.78, 5) is 13.2. The molecule has 1 heterocycles. The molecule has 0 amide bonds. The maximum atomic E-state index is 10.3. The molecule has 0 bridgehead atoms. The summed E-state index contributed by atoms with van der Waals surface area (Å²) in [5, 5.41) is 19.2. The predicted molar refractivity (Wildman–Crippen MR) is 42.1 cm³/mol. The number of nitrogens with zero attached hydrogens (tertiary/aromatic N) is 2. The van der Waals surface area contributed by atoms with Gasteiger partial charge in [0.15, 0.2) is 0 Å². The third-order valence-corrected chi connectivity index (χ3v) is 1.53. The number of nitro groups is 1. The number of hydrogen-bond acceptors (Lipinski definition) is 4. The number of hydrogen-bond donors (Lipinski definition) is 1. The second-order valence-corrected chi connectivity index (χ2v) is 2.32. The second kappa shape index (κ2) is 3.36. The molecule has 0 unspecified atom stereocenters. The van der Waals surface area contributed by atoms with Gasteiger partial charge in [-0.15, -0.1) is 11.6 Å². The van der Waals surface area contributed by atoms with E-state index in [1.54, 1.807) is 0 Å². The molecule has 0 saturated carbocycles. The second-order valence-electron chi connectivity index (χ2n) is 2.06. The average molecular weight is 189 g/mol. The number of aromatic nitrogens is 1. The van der Waals surface area contributed by atoms with Crippen LogP contribution in [0.4, 0.5) is 5.69 Å². The molecule has 0 saturated heterocycles. The highest BCUT2D eigenvalue weighted by atomic mass is 35.5. The SMILES string of the molecule is O=[N+]([O-])c1cc(CCl)ncc1O. The fourth-order valence-electron chi connectivity index (χ4n) is 0.699. The minimum atomic E-state index is -0.687. The van der Waals surface area contributed by atoms with Crippen molar-refractivity contribution in [1.82, 2.24) is 4.98 Å². The highest BCUT2D eigenvalue weighted by molar-refractivity contribution is 6.16. The molecule has 64 valence electrons. The van der Waals surface area contributed by atoms with Crippen LogP contribution in [-0.4, -0.2) is 15.0 Å². The molecular formula is C6H5ClN2O3. The molecule has 0 aliphatic heterocycles. The molecule has 5 nitrogen and oxygen atoms in total. The maximum absolute atomic E-state index is 10.3. The van der Waals surface area contributed by atoms with Crippen LogP contribution in [0, 0.1) is 10.1 Å². The molecule has 0 atom stereocenters. The van der Waals surface area contributed by atoms with Crippen molar-refractivity contribution in [3.8, 4) is 5.75 Å². The van der Waals surface area contributed by atoms with Crippen LogP contribution in [0.3, 0.4) is 0 Å². The monoisotopic (exact) mass is 188 g/mol. The van der Waals surface area contributed by atoms with Crippen LogP contribution < -0.4 is 0 Å². The summed E-state index contributed by atoms with van der Waals surface area (Å²) in [6, 6.07) is 1.14. The Morgan fingerprint density at radius 1 is 1.75 bits per heavy atom. The number of pyridine rings is 1. The number of aromatic hydroxyl groups is 1. The van der Waals surface area contributed by atoms with Gasteiger partial charge in [0.1, 0.15) is 0 Å². The van der Waals surface area contributed by atoms with Crippen molar-refractivity contribution in [2.45, 2.75) is 5.88 Å². The molecule has 0 radical (unpaired) electrons. The van der Waals surface area contributed by atoms with Gasteiger partial charge in [-0.3, -0.25) is 15.1 Å². The van der Waals surface area contributed by atoms with E-state index in [2.05, 4.69) is 4.98 Å². The van der Waals surface area contributed by atoms with E-state index in [1.165, 1.54) is 0 Å². The lowest BCUT2D eigenvalue weighted by Gasteiger charge is -1.96. The van der Waals surface area contributed by atoms with E-state index in [9.17, 15) is 10.1 Å². The topological polar surface area (TPSA) is 76.3 Å². The summed E-state index contributed by atoms with van der Waals surface area (Å²) in [6.45, 7) is 0. The first-order valence-corrected chi connectivity index (χ1v) is 3.57. The van der Waals surface area contributed by atoms with E-state index >= 15 is 0 Å². The lowest BCUT2D eigenvalue weighted by Crippen LogP contribution is -1.92. The van der Waals surface area contributed by atoms with Crippen molar-refractivity contribution in [2.75, 3.05) is 0 Å². The zero-order chi connectivity index (χ0) is 9.14. The van der Waals surface area contributed by atoms with E-state index in [4.69, 9.17) is 16.7 Å². The average Bonchev–Trinajstić information content (AvgIpc) is 2.05. The van der Waals surface area contributed by atoms with Gasteiger partial charge >= 0.3 is 5.69 Å². The van der Waals surface area contributed by atoms with Crippen LogP contribution in [0.1, 0.15) is 5.69 Å². The van der Waals surface area contributed by atoms with Gasteiger partial charge in [-0.1, -0.05) is 0 Å². The molecule has 0 aliphatic carbocycles. The van der Waals surface area contributed by atoms with Gasteiger partial charge in [-0.25, -0.2) is 0 Å². The summed E-state index contributed by atoms with van der Waals surface area (Å²) in [5.74, 6) is -0.366. The van der Waals surface area contributed by atoms with Gasteiger partial charge in [-0.05, 0) is 0 Å². The van der Waals surface area contributed by atoms with E-state index in [0.717, 1.165) is 12.3 Å². The predicted octanol–water partition coefficient (Wildman–Crippen LogP) is 1.43. The first-order valence-electron chi connectivity index (χ1n) is 3.03. The molecule has 1 aromatic heterocycles. The van der Waals surface area contributed by atoms with Gasteiger partial charge in [0.05, 0.1) is 22.7 Å². The summed E-state index contributed by atoms with van der Waals surface area (Å²) in [6.07, 6.45) is 1.01. The van der Waals surface area contributed by atoms with Crippen molar-refractivity contribution in [1.29, 1.82) is 0 Å². The van der Waals surface area contributed by atoms with Crippen molar-refractivity contribution in [3.05, 3.63) is 28.1 Å². The third kappa shape index (κ3) is 1.62. The van der Waals surface area contributed by atoms with E-state index < -0.39 is 10.7 Å². The lowest BCUT2D eigenvalue weighted by atomic mass is 10.3. The number of rotatable bonds is 2. The molecule has 12 heavy (non-hydrogen) atoms. The molecule has 1 aromatic rings. The van der Waals surface area contributed by atoms with Gasteiger partial charge in [0.25, 0.3) is 0 Å². The minimum absolute atomic E-state index is 0.0844. The Morgan fingerprint density at radius 3 is 2.92 bits per heavy atom. The largest absolute Gasteiger partial charge is 0.501 e. The molecule has 0 aromatic carbocycles. The van der Waals surface area contributed by atoms with Gasteiger partial charge in [-0.2, -0.15) is 0 Å². The zero-order valence-corrected chi connectivity index (χ0v) is 6.65. The smallest absolute Gasteiger partial charge is 0.314 e. The summed E-state index contributed by atoms with van der Waals surface area (Å²) in [7, 11) is 0. The highest BCUT2D eigenvalue weighted by Crippen LogP contribution is 2.24. The lowest BCUT2D eigenvalue weighted by molar-refractivity contribution is -0.386. The summed E-state index contributed by atoms with van der Waals surface area (Å²) >= 11 is 5.39. The van der Waals surface area contributed by atoms with E-state index in [-0.39, 0.29) is 11.6 Å². The van der Waals surface area contributed by atoms with Crippen LogP contribution in [-0.2, 0) is 5.88 Å². The quantitative estimate of drug-likeness (QED) is 0.433. The molecule has 0 spiro atoms. The van der Waals surface area contributed by atoms with Crippen LogP contribution in [0.15, 0.2) is 12.3 Å². The molecule has 1 rings (SSSR count). The summed E-state index contributed by atoms with van der Waals surface area (Å²) in [5.41, 5.74) is -0.0122. The van der Waals surface area contributed by atoms with Crippen molar-refractivity contribution in [3.63, 3.8) is 0 Å². The Labute approximate surface area is 72.8 Å². The standard InChI is InChI=1S/C6H5ClN2O3/c7-2-4-1-5(9(11)12)6(10)3-8-4/h1,3,10H,2H2. The number of alkyl halides is 1. The zero-order valence-electron chi connectivity index (χ0n) is 5.90. The Balaban J connectivity index is 3.17. The van der Waals surface area contributed by atoms with Gasteiger partial charge in [0, 0.05) is 6.07 Å². The van der Waals surface area contributed by atoms with E-state index in [1.807, 2.05) is 0 Å². The third-order valence-electron chi connectivity index (χ3n) is 1.25. The van der Waals surface area contributed by atoms with Crippen molar-refractivity contribution in [2.24, 2.45) is 0 Å². The fourth-order valence-corrected chi connectivity index (χ4v) is 0.845. The molecule has 1 N–H and O–H groups in total. The van der Waals surface area contributed by atoms with Crippen LogP contribution in [0.2, 0.25) is 0 Å². The summed E-state index contributed by atoms with van der Waals surface area (Å²) < 4.78 is 0. The molecule has 6 heteroatoms. The normalized spacial score (nSPS) is 9.75. The van der Waals surface area contributed by atoms with E-state index in [0.29, 0.717) is 5.69 Å². The molecule has 0 aliphatic rings.